The largest absolute Gasteiger partial charge is 0.493 e. The van der Waals surface area contributed by atoms with E-state index < -0.39 is 6.09 Å². The standard InChI is InChI=1S/C20H27NO4/c1-5-6-9-14(2)13-21-20(22)25-17-12-18(23-3)19(24-4)16-11-8-7-10-15(16)17/h7-8,10-12,14H,5-6,9,13H2,1-4H3,(H,21,22). The summed E-state index contributed by atoms with van der Waals surface area (Å²) in [6, 6.07) is 9.29. The Bertz CT molecular complexity index is 714. The van der Waals surface area contributed by atoms with E-state index in [1.54, 1.807) is 20.3 Å². The van der Waals surface area contributed by atoms with Gasteiger partial charge in [0, 0.05) is 23.4 Å². The van der Waals surface area contributed by atoms with Gasteiger partial charge in [0.1, 0.15) is 5.75 Å². The molecule has 1 unspecified atom stereocenters. The average Bonchev–Trinajstić information content (AvgIpc) is 2.64. The number of carbonyl (C=O) groups excluding carboxylic acids is 1. The van der Waals surface area contributed by atoms with Crippen molar-refractivity contribution in [2.45, 2.75) is 33.1 Å². The Morgan fingerprint density at radius 1 is 1.12 bits per heavy atom. The number of hydrogen-bond acceptors (Lipinski definition) is 4. The van der Waals surface area contributed by atoms with Crippen LogP contribution in [0.25, 0.3) is 10.8 Å². The van der Waals surface area contributed by atoms with Gasteiger partial charge in [0.05, 0.1) is 14.2 Å². The van der Waals surface area contributed by atoms with Crippen LogP contribution in [0, 0.1) is 5.92 Å². The molecule has 0 fully saturated rings. The molecule has 0 aliphatic heterocycles. The maximum Gasteiger partial charge on any atom is 0.412 e. The number of carbonyl (C=O) groups is 1. The first kappa shape index (κ1) is 18.9. The summed E-state index contributed by atoms with van der Waals surface area (Å²) < 4.78 is 16.4. The average molecular weight is 345 g/mol. The van der Waals surface area contributed by atoms with Crippen LogP contribution in [0.3, 0.4) is 0 Å². The monoisotopic (exact) mass is 345 g/mol. The second-order valence-corrected chi connectivity index (χ2v) is 6.17. The lowest BCUT2D eigenvalue weighted by molar-refractivity contribution is 0.198. The number of methoxy groups -OCH3 is 2. The third-order valence-electron chi connectivity index (χ3n) is 4.20. The summed E-state index contributed by atoms with van der Waals surface area (Å²) in [5.74, 6) is 2.03. The van der Waals surface area contributed by atoms with Gasteiger partial charge in [-0.15, -0.1) is 0 Å². The molecule has 1 atom stereocenters. The fourth-order valence-corrected chi connectivity index (χ4v) is 2.79. The van der Waals surface area contributed by atoms with Gasteiger partial charge in [-0.2, -0.15) is 0 Å². The summed E-state index contributed by atoms with van der Waals surface area (Å²) in [6.45, 7) is 4.89. The Morgan fingerprint density at radius 3 is 2.48 bits per heavy atom. The van der Waals surface area contributed by atoms with Gasteiger partial charge in [-0.3, -0.25) is 0 Å². The van der Waals surface area contributed by atoms with Gasteiger partial charge in [0.25, 0.3) is 0 Å². The van der Waals surface area contributed by atoms with Gasteiger partial charge in [0.2, 0.25) is 0 Å². The van der Waals surface area contributed by atoms with Crippen LogP contribution >= 0.6 is 0 Å². The molecule has 2 rings (SSSR count). The lowest BCUT2D eigenvalue weighted by atomic mass is 10.1. The topological polar surface area (TPSA) is 56.8 Å². The highest BCUT2D eigenvalue weighted by molar-refractivity contribution is 5.96. The SMILES string of the molecule is CCCCC(C)CNC(=O)Oc1cc(OC)c(OC)c2ccccc12. The van der Waals surface area contributed by atoms with E-state index in [0.717, 1.165) is 30.0 Å². The molecule has 0 saturated carbocycles. The number of nitrogens with one attached hydrogen (secondary N) is 1. The molecule has 0 spiro atoms. The number of amides is 1. The van der Waals surface area contributed by atoms with Crippen molar-refractivity contribution in [3.63, 3.8) is 0 Å². The van der Waals surface area contributed by atoms with Crippen LogP contribution in [-0.4, -0.2) is 26.9 Å². The summed E-state index contributed by atoms with van der Waals surface area (Å²) in [6.07, 6.45) is 2.96. The molecule has 25 heavy (non-hydrogen) atoms. The van der Waals surface area contributed by atoms with Crippen LogP contribution in [0.15, 0.2) is 30.3 Å². The molecule has 0 aliphatic rings. The minimum atomic E-state index is -0.458. The number of hydrogen-bond donors (Lipinski definition) is 1. The van der Waals surface area contributed by atoms with Crippen molar-refractivity contribution in [3.8, 4) is 17.2 Å². The molecule has 5 heteroatoms. The van der Waals surface area contributed by atoms with E-state index >= 15 is 0 Å². The highest BCUT2D eigenvalue weighted by atomic mass is 16.6. The molecule has 0 bridgehead atoms. The predicted octanol–water partition coefficient (Wildman–Crippen LogP) is 4.77. The molecule has 2 aromatic carbocycles. The van der Waals surface area contributed by atoms with E-state index in [9.17, 15) is 4.79 Å². The molecule has 2 aromatic rings. The normalized spacial score (nSPS) is 11.8. The highest BCUT2D eigenvalue weighted by Gasteiger charge is 2.16. The molecule has 0 aliphatic carbocycles. The quantitative estimate of drug-likeness (QED) is 0.748. The third-order valence-corrected chi connectivity index (χ3v) is 4.20. The molecule has 136 valence electrons. The molecule has 0 saturated heterocycles. The minimum absolute atomic E-state index is 0.426. The van der Waals surface area contributed by atoms with Crippen molar-refractivity contribution in [3.05, 3.63) is 30.3 Å². The Hall–Kier alpha value is -2.43. The number of unbranched alkanes of at least 4 members (excludes halogenated alkanes) is 1. The van der Waals surface area contributed by atoms with Crippen molar-refractivity contribution in [1.29, 1.82) is 0 Å². The van der Waals surface area contributed by atoms with Crippen LogP contribution in [0.4, 0.5) is 4.79 Å². The van der Waals surface area contributed by atoms with E-state index in [-0.39, 0.29) is 0 Å². The lowest BCUT2D eigenvalue weighted by Gasteiger charge is -2.16. The number of ether oxygens (including phenoxy) is 3. The van der Waals surface area contributed by atoms with Gasteiger partial charge in [-0.25, -0.2) is 4.79 Å². The zero-order valence-corrected chi connectivity index (χ0v) is 15.4. The second-order valence-electron chi connectivity index (χ2n) is 6.17. The molecule has 1 amide bonds. The van der Waals surface area contributed by atoms with Crippen molar-refractivity contribution in [2.75, 3.05) is 20.8 Å². The van der Waals surface area contributed by atoms with E-state index in [4.69, 9.17) is 14.2 Å². The first-order chi connectivity index (χ1) is 12.1. The Kier molecular flexibility index (Phi) is 6.92. The van der Waals surface area contributed by atoms with E-state index in [1.165, 1.54) is 0 Å². The van der Waals surface area contributed by atoms with E-state index in [1.807, 2.05) is 24.3 Å². The van der Waals surface area contributed by atoms with Crippen molar-refractivity contribution in [2.24, 2.45) is 5.92 Å². The zero-order valence-electron chi connectivity index (χ0n) is 15.4. The first-order valence-electron chi connectivity index (χ1n) is 8.70. The van der Waals surface area contributed by atoms with Crippen LogP contribution in [0.1, 0.15) is 33.1 Å². The highest BCUT2D eigenvalue weighted by Crippen LogP contribution is 2.41. The molecule has 0 aromatic heterocycles. The first-order valence-corrected chi connectivity index (χ1v) is 8.70. The van der Waals surface area contributed by atoms with Crippen LogP contribution in [-0.2, 0) is 0 Å². The van der Waals surface area contributed by atoms with Crippen LogP contribution in [0.2, 0.25) is 0 Å². The number of rotatable bonds is 8. The zero-order chi connectivity index (χ0) is 18.2. The summed E-state index contributed by atoms with van der Waals surface area (Å²) in [7, 11) is 3.15. The Balaban J connectivity index is 2.16. The summed E-state index contributed by atoms with van der Waals surface area (Å²) in [5, 5.41) is 4.47. The van der Waals surface area contributed by atoms with Gasteiger partial charge in [-0.05, 0) is 12.3 Å². The Morgan fingerprint density at radius 2 is 1.84 bits per heavy atom. The van der Waals surface area contributed by atoms with Crippen molar-refractivity contribution < 1.29 is 19.0 Å². The van der Waals surface area contributed by atoms with Gasteiger partial charge in [0.15, 0.2) is 11.5 Å². The second kappa shape index (κ2) is 9.16. The van der Waals surface area contributed by atoms with Gasteiger partial charge < -0.3 is 19.5 Å². The van der Waals surface area contributed by atoms with Gasteiger partial charge >= 0.3 is 6.09 Å². The predicted molar refractivity (Wildman–Crippen MR) is 99.8 cm³/mol. The van der Waals surface area contributed by atoms with E-state index in [2.05, 4.69) is 19.2 Å². The van der Waals surface area contributed by atoms with E-state index in [0.29, 0.717) is 29.7 Å². The maximum atomic E-state index is 12.2. The fraction of sp³-hybridized carbons (Fsp3) is 0.450. The molecule has 5 nitrogen and oxygen atoms in total. The van der Waals surface area contributed by atoms with Gasteiger partial charge in [-0.1, -0.05) is 51.0 Å². The van der Waals surface area contributed by atoms with Crippen molar-refractivity contribution in [1.82, 2.24) is 5.32 Å². The smallest absolute Gasteiger partial charge is 0.412 e. The minimum Gasteiger partial charge on any atom is -0.493 e. The van der Waals surface area contributed by atoms with Crippen molar-refractivity contribution >= 4 is 16.9 Å². The maximum absolute atomic E-state index is 12.2. The molecule has 1 N–H and O–H groups in total. The Labute approximate surface area is 149 Å². The molecule has 0 heterocycles. The number of fused-ring (bicyclic) bond motifs is 1. The van der Waals surface area contributed by atoms with Crippen LogP contribution < -0.4 is 19.5 Å². The fourth-order valence-electron chi connectivity index (χ4n) is 2.79. The summed E-state index contributed by atoms with van der Waals surface area (Å²) in [5.41, 5.74) is 0. The third kappa shape index (κ3) is 4.78. The summed E-state index contributed by atoms with van der Waals surface area (Å²) >= 11 is 0. The molecule has 0 radical (unpaired) electrons. The molecular formula is C20H27NO4. The summed E-state index contributed by atoms with van der Waals surface area (Å²) in [4.78, 5) is 12.2. The number of benzene rings is 2. The van der Waals surface area contributed by atoms with Crippen LogP contribution in [0.5, 0.6) is 17.2 Å². The lowest BCUT2D eigenvalue weighted by Crippen LogP contribution is -2.31. The molecular weight excluding hydrogens is 318 g/mol.